The summed E-state index contributed by atoms with van der Waals surface area (Å²) in [4.78, 5) is 12.6. The van der Waals surface area contributed by atoms with E-state index in [2.05, 4.69) is 35.1 Å². The summed E-state index contributed by atoms with van der Waals surface area (Å²) in [6, 6.07) is 10.8. The number of nitrogens with one attached hydrogen (secondary N) is 1. The first kappa shape index (κ1) is 17.8. The highest BCUT2D eigenvalue weighted by Gasteiger charge is 2.14. The Balaban J connectivity index is 2.23. The van der Waals surface area contributed by atoms with Crippen LogP contribution in [0, 0.1) is 12.8 Å². The number of amides is 1. The Bertz CT molecular complexity index is 716. The molecular weight excluding hydrogens is 378 g/mol. The number of rotatable bonds is 5. The summed E-state index contributed by atoms with van der Waals surface area (Å²) in [5.74, 6) is 0.716. The number of carbonyl (C=O) groups is 1. The molecule has 0 saturated carbocycles. The van der Waals surface area contributed by atoms with E-state index in [0.29, 0.717) is 34.5 Å². The fourth-order valence-corrected chi connectivity index (χ4v) is 2.47. The van der Waals surface area contributed by atoms with Crippen LogP contribution in [0.25, 0.3) is 0 Å². The minimum Gasteiger partial charge on any atom is -0.492 e. The molecule has 0 bridgehead atoms. The predicted molar refractivity (Wildman–Crippen MR) is 98.6 cm³/mol. The Labute approximate surface area is 150 Å². The maximum Gasteiger partial charge on any atom is 0.259 e. The summed E-state index contributed by atoms with van der Waals surface area (Å²) in [5.41, 5.74) is 2.10. The third-order valence-electron chi connectivity index (χ3n) is 3.19. The van der Waals surface area contributed by atoms with Crippen LogP contribution in [0.3, 0.4) is 0 Å². The molecule has 0 aliphatic heterocycles. The molecule has 0 spiro atoms. The van der Waals surface area contributed by atoms with Crippen molar-refractivity contribution >= 4 is 39.1 Å². The average molecular weight is 397 g/mol. The van der Waals surface area contributed by atoms with Crippen LogP contribution in [-0.2, 0) is 0 Å². The van der Waals surface area contributed by atoms with Crippen molar-refractivity contribution in [2.75, 3.05) is 11.9 Å². The second kappa shape index (κ2) is 7.84. The van der Waals surface area contributed by atoms with Gasteiger partial charge in [-0.1, -0.05) is 47.4 Å². The van der Waals surface area contributed by atoms with Gasteiger partial charge < -0.3 is 10.1 Å². The lowest BCUT2D eigenvalue weighted by Crippen LogP contribution is -2.15. The third kappa shape index (κ3) is 4.98. The fourth-order valence-electron chi connectivity index (χ4n) is 1.93. The van der Waals surface area contributed by atoms with Crippen molar-refractivity contribution in [3.63, 3.8) is 0 Å². The summed E-state index contributed by atoms with van der Waals surface area (Å²) in [5, 5.41) is 3.48. The van der Waals surface area contributed by atoms with E-state index in [1.54, 1.807) is 18.2 Å². The van der Waals surface area contributed by atoms with Crippen molar-refractivity contribution in [2.24, 2.45) is 5.92 Å². The molecule has 2 aromatic rings. The molecule has 0 radical (unpaired) electrons. The smallest absolute Gasteiger partial charge is 0.259 e. The van der Waals surface area contributed by atoms with Gasteiger partial charge in [-0.15, -0.1) is 0 Å². The van der Waals surface area contributed by atoms with Gasteiger partial charge in [-0.3, -0.25) is 4.79 Å². The van der Waals surface area contributed by atoms with Crippen molar-refractivity contribution in [2.45, 2.75) is 20.8 Å². The normalized spacial score (nSPS) is 10.7. The molecular formula is C18H19BrClNO2. The van der Waals surface area contributed by atoms with Gasteiger partial charge in [-0.05, 0) is 48.7 Å². The molecule has 0 aliphatic rings. The monoisotopic (exact) mass is 395 g/mol. The van der Waals surface area contributed by atoms with Crippen LogP contribution < -0.4 is 10.1 Å². The minimum atomic E-state index is -0.232. The van der Waals surface area contributed by atoms with Crippen LogP contribution >= 0.6 is 27.5 Å². The van der Waals surface area contributed by atoms with E-state index in [9.17, 15) is 4.79 Å². The van der Waals surface area contributed by atoms with Gasteiger partial charge in [-0.25, -0.2) is 0 Å². The Morgan fingerprint density at radius 2 is 2.00 bits per heavy atom. The number of hydrogen-bond acceptors (Lipinski definition) is 2. The minimum absolute atomic E-state index is 0.232. The molecule has 0 saturated heterocycles. The van der Waals surface area contributed by atoms with Gasteiger partial charge in [0.05, 0.1) is 12.2 Å². The quantitative estimate of drug-likeness (QED) is 0.704. The predicted octanol–water partition coefficient (Wildman–Crippen LogP) is 5.70. The molecule has 1 amide bonds. The zero-order valence-electron chi connectivity index (χ0n) is 13.3. The van der Waals surface area contributed by atoms with E-state index in [-0.39, 0.29) is 5.91 Å². The molecule has 0 aliphatic carbocycles. The van der Waals surface area contributed by atoms with Crippen LogP contribution in [0.5, 0.6) is 5.75 Å². The molecule has 3 nitrogen and oxygen atoms in total. The van der Waals surface area contributed by atoms with Crippen LogP contribution in [0.2, 0.25) is 5.02 Å². The van der Waals surface area contributed by atoms with Gasteiger partial charge in [-0.2, -0.15) is 0 Å². The van der Waals surface area contributed by atoms with Crippen molar-refractivity contribution in [1.82, 2.24) is 0 Å². The molecule has 1 N–H and O–H groups in total. The highest BCUT2D eigenvalue weighted by molar-refractivity contribution is 9.10. The summed E-state index contributed by atoms with van der Waals surface area (Å²) in [6.07, 6.45) is 0. The topological polar surface area (TPSA) is 38.3 Å². The molecule has 2 rings (SSSR count). The second-order valence-electron chi connectivity index (χ2n) is 5.76. The maximum atomic E-state index is 12.6. The number of benzene rings is 2. The van der Waals surface area contributed by atoms with Gasteiger partial charge in [0.15, 0.2) is 0 Å². The van der Waals surface area contributed by atoms with E-state index in [0.717, 1.165) is 10.0 Å². The number of anilines is 1. The number of aryl methyl sites for hydroxylation is 1. The van der Waals surface area contributed by atoms with E-state index in [1.807, 2.05) is 25.1 Å². The molecule has 2 aromatic carbocycles. The standard InChI is InChI=1S/C18H19BrClNO2/c1-11(2)10-23-17-7-5-13(19)8-15(17)18(22)21-14-6-4-12(3)16(20)9-14/h4-9,11H,10H2,1-3H3,(H,21,22). The number of carbonyl (C=O) groups excluding carboxylic acids is 1. The first-order chi connectivity index (χ1) is 10.9. The average Bonchev–Trinajstić information content (AvgIpc) is 2.49. The molecule has 0 heterocycles. The second-order valence-corrected chi connectivity index (χ2v) is 7.09. The van der Waals surface area contributed by atoms with E-state index in [1.165, 1.54) is 0 Å². The highest BCUT2D eigenvalue weighted by Crippen LogP contribution is 2.26. The Morgan fingerprint density at radius 1 is 1.26 bits per heavy atom. The van der Waals surface area contributed by atoms with Crippen molar-refractivity contribution in [3.05, 3.63) is 57.0 Å². The van der Waals surface area contributed by atoms with E-state index >= 15 is 0 Å². The fraction of sp³-hybridized carbons (Fsp3) is 0.278. The van der Waals surface area contributed by atoms with Crippen molar-refractivity contribution in [3.8, 4) is 5.75 Å². The summed E-state index contributed by atoms with van der Waals surface area (Å²) >= 11 is 9.50. The first-order valence-corrected chi connectivity index (χ1v) is 8.53. The van der Waals surface area contributed by atoms with Crippen molar-refractivity contribution < 1.29 is 9.53 Å². The maximum absolute atomic E-state index is 12.6. The number of hydrogen-bond donors (Lipinski definition) is 1. The summed E-state index contributed by atoms with van der Waals surface area (Å²) in [6.45, 7) is 6.60. The van der Waals surface area contributed by atoms with E-state index in [4.69, 9.17) is 16.3 Å². The van der Waals surface area contributed by atoms with Gasteiger partial charge in [0.25, 0.3) is 5.91 Å². The Morgan fingerprint density at radius 3 is 2.65 bits per heavy atom. The summed E-state index contributed by atoms with van der Waals surface area (Å²) in [7, 11) is 0. The zero-order chi connectivity index (χ0) is 17.0. The van der Waals surface area contributed by atoms with Crippen LogP contribution in [-0.4, -0.2) is 12.5 Å². The van der Waals surface area contributed by atoms with Crippen LogP contribution in [0.4, 0.5) is 5.69 Å². The third-order valence-corrected chi connectivity index (χ3v) is 4.09. The molecule has 5 heteroatoms. The highest BCUT2D eigenvalue weighted by atomic mass is 79.9. The number of ether oxygens (including phenoxy) is 1. The molecule has 0 unspecified atom stereocenters. The lowest BCUT2D eigenvalue weighted by atomic mass is 10.1. The van der Waals surface area contributed by atoms with Gasteiger partial charge in [0.1, 0.15) is 5.75 Å². The lowest BCUT2D eigenvalue weighted by Gasteiger charge is -2.14. The lowest BCUT2D eigenvalue weighted by molar-refractivity contribution is 0.102. The SMILES string of the molecule is Cc1ccc(NC(=O)c2cc(Br)ccc2OCC(C)C)cc1Cl. The molecule has 0 atom stereocenters. The number of halogens is 2. The van der Waals surface area contributed by atoms with Crippen LogP contribution in [0.1, 0.15) is 29.8 Å². The molecule has 0 fully saturated rings. The molecule has 0 aromatic heterocycles. The zero-order valence-corrected chi connectivity index (χ0v) is 15.7. The molecule has 122 valence electrons. The molecule has 23 heavy (non-hydrogen) atoms. The van der Waals surface area contributed by atoms with Crippen LogP contribution in [0.15, 0.2) is 40.9 Å². The Kier molecular flexibility index (Phi) is 6.08. The van der Waals surface area contributed by atoms with E-state index < -0.39 is 0 Å². The van der Waals surface area contributed by atoms with Gasteiger partial charge >= 0.3 is 0 Å². The van der Waals surface area contributed by atoms with Gasteiger partial charge in [0.2, 0.25) is 0 Å². The largest absolute Gasteiger partial charge is 0.492 e. The first-order valence-electron chi connectivity index (χ1n) is 7.36. The van der Waals surface area contributed by atoms with Crippen molar-refractivity contribution in [1.29, 1.82) is 0 Å². The van der Waals surface area contributed by atoms with Gasteiger partial charge in [0, 0.05) is 15.2 Å². The summed E-state index contributed by atoms with van der Waals surface area (Å²) < 4.78 is 6.57. The Hall–Kier alpha value is -1.52.